The standard InChI is InChI=1S/C11H18ClN3O2/c1-8(16)6-13-3-4-14-11(17)10-5-9(12)7-15(10)2/h5,7-8,13,16H,3-4,6H2,1-2H3,(H,14,17). The largest absolute Gasteiger partial charge is 0.392 e. The number of halogens is 1. The van der Waals surface area contributed by atoms with E-state index in [1.54, 1.807) is 30.8 Å². The molecule has 0 spiro atoms. The Bertz CT molecular complexity index is 377. The van der Waals surface area contributed by atoms with Gasteiger partial charge in [-0.25, -0.2) is 0 Å². The molecule has 3 N–H and O–H groups in total. The van der Waals surface area contributed by atoms with E-state index in [4.69, 9.17) is 16.7 Å². The molecule has 0 fully saturated rings. The summed E-state index contributed by atoms with van der Waals surface area (Å²) in [6.07, 6.45) is 1.31. The normalized spacial score (nSPS) is 12.5. The van der Waals surface area contributed by atoms with Gasteiger partial charge in [-0.3, -0.25) is 4.79 Å². The summed E-state index contributed by atoms with van der Waals surface area (Å²) < 4.78 is 1.68. The van der Waals surface area contributed by atoms with Gasteiger partial charge in [0.2, 0.25) is 0 Å². The summed E-state index contributed by atoms with van der Waals surface area (Å²) in [4.78, 5) is 11.7. The molecular formula is C11H18ClN3O2. The minimum absolute atomic E-state index is 0.154. The monoisotopic (exact) mass is 259 g/mol. The van der Waals surface area contributed by atoms with Crippen molar-refractivity contribution in [2.24, 2.45) is 7.05 Å². The second kappa shape index (κ2) is 6.64. The average Bonchev–Trinajstić information content (AvgIpc) is 2.56. The van der Waals surface area contributed by atoms with Gasteiger partial charge in [-0.1, -0.05) is 11.6 Å². The molecule has 1 heterocycles. The molecular weight excluding hydrogens is 242 g/mol. The number of hydrogen-bond acceptors (Lipinski definition) is 3. The quantitative estimate of drug-likeness (QED) is 0.647. The molecule has 1 amide bonds. The van der Waals surface area contributed by atoms with Crippen LogP contribution in [0.2, 0.25) is 5.02 Å². The molecule has 5 nitrogen and oxygen atoms in total. The van der Waals surface area contributed by atoms with Crippen LogP contribution < -0.4 is 10.6 Å². The van der Waals surface area contributed by atoms with Gasteiger partial charge in [0.25, 0.3) is 5.91 Å². The zero-order chi connectivity index (χ0) is 12.8. The van der Waals surface area contributed by atoms with Crippen molar-refractivity contribution in [1.82, 2.24) is 15.2 Å². The van der Waals surface area contributed by atoms with Crippen LogP contribution >= 0.6 is 11.6 Å². The summed E-state index contributed by atoms with van der Waals surface area (Å²) in [6, 6.07) is 1.63. The Morgan fingerprint density at radius 2 is 2.29 bits per heavy atom. The first-order valence-electron chi connectivity index (χ1n) is 5.49. The predicted octanol–water partition coefficient (Wildman–Crippen LogP) is 0.379. The fourth-order valence-electron chi connectivity index (χ4n) is 1.42. The molecule has 17 heavy (non-hydrogen) atoms. The number of carbonyl (C=O) groups excluding carboxylic acids is 1. The lowest BCUT2D eigenvalue weighted by molar-refractivity contribution is 0.0945. The molecule has 0 radical (unpaired) electrons. The molecule has 0 bridgehead atoms. The van der Waals surface area contributed by atoms with Crippen LogP contribution in [0.3, 0.4) is 0 Å². The van der Waals surface area contributed by atoms with Gasteiger partial charge >= 0.3 is 0 Å². The summed E-state index contributed by atoms with van der Waals surface area (Å²) in [6.45, 7) is 3.35. The van der Waals surface area contributed by atoms with E-state index in [-0.39, 0.29) is 12.0 Å². The maximum absolute atomic E-state index is 11.7. The second-order valence-electron chi connectivity index (χ2n) is 3.96. The molecule has 0 aliphatic rings. The number of nitrogens with zero attached hydrogens (tertiary/aromatic N) is 1. The van der Waals surface area contributed by atoms with Crippen molar-refractivity contribution in [3.05, 3.63) is 23.0 Å². The van der Waals surface area contributed by atoms with E-state index in [1.807, 2.05) is 0 Å². The fraction of sp³-hybridized carbons (Fsp3) is 0.545. The van der Waals surface area contributed by atoms with Gasteiger partial charge in [-0.15, -0.1) is 0 Å². The molecule has 1 unspecified atom stereocenters. The lowest BCUT2D eigenvalue weighted by atomic mass is 10.4. The first-order chi connectivity index (χ1) is 8.00. The highest BCUT2D eigenvalue weighted by atomic mass is 35.5. The highest BCUT2D eigenvalue weighted by Gasteiger charge is 2.09. The molecule has 6 heteroatoms. The smallest absolute Gasteiger partial charge is 0.267 e. The fourth-order valence-corrected chi connectivity index (χ4v) is 1.67. The van der Waals surface area contributed by atoms with Crippen molar-refractivity contribution in [3.63, 3.8) is 0 Å². The third-order valence-electron chi connectivity index (χ3n) is 2.23. The van der Waals surface area contributed by atoms with Gasteiger partial charge in [-0.2, -0.15) is 0 Å². The zero-order valence-corrected chi connectivity index (χ0v) is 10.8. The van der Waals surface area contributed by atoms with Crippen LogP contribution in [0.5, 0.6) is 0 Å². The third-order valence-corrected chi connectivity index (χ3v) is 2.44. The molecule has 0 aliphatic heterocycles. The summed E-state index contributed by atoms with van der Waals surface area (Å²) in [7, 11) is 1.77. The second-order valence-corrected chi connectivity index (χ2v) is 4.40. The molecule has 1 atom stereocenters. The zero-order valence-electron chi connectivity index (χ0n) is 10.0. The van der Waals surface area contributed by atoms with Gasteiger partial charge in [0.1, 0.15) is 5.69 Å². The van der Waals surface area contributed by atoms with Crippen molar-refractivity contribution < 1.29 is 9.90 Å². The molecule has 0 aromatic carbocycles. The van der Waals surface area contributed by atoms with Crippen molar-refractivity contribution >= 4 is 17.5 Å². The Morgan fingerprint density at radius 1 is 1.59 bits per heavy atom. The summed E-state index contributed by atoms with van der Waals surface area (Å²) in [5.41, 5.74) is 0.533. The first-order valence-corrected chi connectivity index (χ1v) is 5.87. The Balaban J connectivity index is 2.28. The maximum Gasteiger partial charge on any atom is 0.267 e. The Kier molecular flexibility index (Phi) is 5.47. The van der Waals surface area contributed by atoms with Crippen LogP contribution in [0, 0.1) is 0 Å². The first kappa shape index (κ1) is 14.0. The van der Waals surface area contributed by atoms with E-state index in [0.29, 0.717) is 30.4 Å². The van der Waals surface area contributed by atoms with E-state index >= 15 is 0 Å². The number of aliphatic hydroxyl groups is 1. The average molecular weight is 260 g/mol. The van der Waals surface area contributed by atoms with Gasteiger partial charge in [-0.05, 0) is 13.0 Å². The summed E-state index contributed by atoms with van der Waals surface area (Å²) in [5.74, 6) is -0.154. The number of carbonyl (C=O) groups is 1. The SMILES string of the molecule is CC(O)CNCCNC(=O)c1cc(Cl)cn1C. The van der Waals surface area contributed by atoms with Crippen LogP contribution in [-0.2, 0) is 7.05 Å². The highest BCUT2D eigenvalue weighted by molar-refractivity contribution is 6.31. The Morgan fingerprint density at radius 3 is 2.82 bits per heavy atom. The van der Waals surface area contributed by atoms with Crippen LogP contribution in [0.4, 0.5) is 0 Å². The van der Waals surface area contributed by atoms with Crippen LogP contribution in [0.15, 0.2) is 12.3 Å². The lowest BCUT2D eigenvalue weighted by Crippen LogP contribution is -2.35. The molecule has 0 saturated carbocycles. The van der Waals surface area contributed by atoms with Crippen LogP contribution in [-0.4, -0.2) is 41.3 Å². The number of rotatable bonds is 6. The number of nitrogens with one attached hydrogen (secondary N) is 2. The van der Waals surface area contributed by atoms with E-state index in [0.717, 1.165) is 0 Å². The van der Waals surface area contributed by atoms with Crippen molar-refractivity contribution in [1.29, 1.82) is 0 Å². The van der Waals surface area contributed by atoms with Gasteiger partial charge < -0.3 is 20.3 Å². The van der Waals surface area contributed by atoms with Crippen molar-refractivity contribution in [3.8, 4) is 0 Å². The number of aryl methyl sites for hydroxylation is 1. The van der Waals surface area contributed by atoms with Crippen LogP contribution in [0.1, 0.15) is 17.4 Å². The van der Waals surface area contributed by atoms with Crippen molar-refractivity contribution in [2.75, 3.05) is 19.6 Å². The van der Waals surface area contributed by atoms with E-state index in [9.17, 15) is 4.79 Å². The number of amides is 1. The van der Waals surface area contributed by atoms with Crippen LogP contribution in [0.25, 0.3) is 0 Å². The topological polar surface area (TPSA) is 66.3 Å². The molecule has 0 saturated heterocycles. The molecule has 1 aromatic heterocycles. The summed E-state index contributed by atoms with van der Waals surface area (Å²) in [5, 5.41) is 15.3. The van der Waals surface area contributed by atoms with Gasteiger partial charge in [0.05, 0.1) is 11.1 Å². The van der Waals surface area contributed by atoms with Gasteiger partial charge in [0, 0.05) is 32.9 Å². The Labute approximate surface area is 106 Å². The van der Waals surface area contributed by atoms with E-state index in [1.165, 1.54) is 0 Å². The number of aromatic nitrogens is 1. The maximum atomic E-state index is 11.7. The molecule has 1 aromatic rings. The van der Waals surface area contributed by atoms with Gasteiger partial charge in [0.15, 0.2) is 0 Å². The Hall–Kier alpha value is -1.04. The molecule has 0 aliphatic carbocycles. The molecule has 96 valence electrons. The lowest BCUT2D eigenvalue weighted by Gasteiger charge is -2.08. The number of aliphatic hydroxyl groups excluding tert-OH is 1. The summed E-state index contributed by atoms with van der Waals surface area (Å²) >= 11 is 5.79. The van der Waals surface area contributed by atoms with E-state index < -0.39 is 0 Å². The number of hydrogen-bond donors (Lipinski definition) is 3. The van der Waals surface area contributed by atoms with Crippen molar-refractivity contribution in [2.45, 2.75) is 13.0 Å². The predicted molar refractivity (Wildman–Crippen MR) is 67.3 cm³/mol. The minimum Gasteiger partial charge on any atom is -0.392 e. The van der Waals surface area contributed by atoms with E-state index in [2.05, 4.69) is 10.6 Å². The molecule has 1 rings (SSSR count). The minimum atomic E-state index is -0.377. The highest BCUT2D eigenvalue weighted by Crippen LogP contribution is 2.12. The third kappa shape index (κ3) is 4.77.